The third kappa shape index (κ3) is 3.09. The molecule has 1 aromatic carbocycles. The highest BCUT2D eigenvalue weighted by Gasteiger charge is 2.21. The number of nitrogens with one attached hydrogen (secondary N) is 1. The lowest BCUT2D eigenvalue weighted by Gasteiger charge is -2.09. The number of fused-ring (bicyclic) bond motifs is 1. The molecule has 28 heavy (non-hydrogen) atoms. The minimum absolute atomic E-state index is 0.0428. The first-order valence-corrected chi connectivity index (χ1v) is 9.98. The fraction of sp³-hybridized carbons (Fsp3) is 0.158. The summed E-state index contributed by atoms with van der Waals surface area (Å²) in [5.41, 5.74) is 2.85. The molecule has 0 amide bonds. The molecule has 4 rings (SSSR count). The Kier molecular flexibility index (Phi) is 4.31. The Bertz CT molecular complexity index is 1270. The predicted molar refractivity (Wildman–Crippen MR) is 107 cm³/mol. The van der Waals surface area contributed by atoms with Crippen LogP contribution in [0, 0.1) is 0 Å². The number of aryl methyl sites for hydroxylation is 2. The molecular formula is C19H19N5O3S. The van der Waals surface area contributed by atoms with E-state index in [0.29, 0.717) is 22.5 Å². The highest BCUT2D eigenvalue weighted by molar-refractivity contribution is 7.92. The van der Waals surface area contributed by atoms with Gasteiger partial charge in [-0.25, -0.2) is 4.98 Å². The second-order valence-corrected chi connectivity index (χ2v) is 8.01. The van der Waals surface area contributed by atoms with Gasteiger partial charge in [0.1, 0.15) is 11.4 Å². The van der Waals surface area contributed by atoms with Crippen LogP contribution in [-0.4, -0.2) is 34.9 Å². The van der Waals surface area contributed by atoms with Gasteiger partial charge >= 0.3 is 0 Å². The highest BCUT2D eigenvalue weighted by Crippen LogP contribution is 2.36. The summed E-state index contributed by atoms with van der Waals surface area (Å²) in [6.45, 7) is 0. The van der Waals surface area contributed by atoms with Gasteiger partial charge in [-0.3, -0.25) is 9.40 Å². The number of benzene rings is 1. The zero-order valence-electron chi connectivity index (χ0n) is 15.6. The maximum atomic E-state index is 12.8. The van der Waals surface area contributed by atoms with Crippen molar-refractivity contribution in [1.29, 1.82) is 0 Å². The summed E-state index contributed by atoms with van der Waals surface area (Å²) < 4.78 is 36.8. The zero-order chi connectivity index (χ0) is 19.9. The summed E-state index contributed by atoms with van der Waals surface area (Å²) in [4.78, 5) is 4.41. The van der Waals surface area contributed by atoms with Crippen LogP contribution < -0.4 is 9.46 Å². The summed E-state index contributed by atoms with van der Waals surface area (Å²) in [6, 6.07) is 10.7. The van der Waals surface area contributed by atoms with E-state index >= 15 is 0 Å². The Morgan fingerprint density at radius 3 is 2.68 bits per heavy atom. The summed E-state index contributed by atoms with van der Waals surface area (Å²) in [5.74, 6) is 0.717. The SMILES string of the molecule is COc1cccc(-c2cn(C)c3nccc(NS(=O)(=O)c4ccn(C)n4)c23)c1. The van der Waals surface area contributed by atoms with Crippen molar-refractivity contribution in [1.82, 2.24) is 19.3 Å². The van der Waals surface area contributed by atoms with Gasteiger partial charge in [0.15, 0.2) is 5.03 Å². The average molecular weight is 397 g/mol. The molecular weight excluding hydrogens is 378 g/mol. The van der Waals surface area contributed by atoms with E-state index in [-0.39, 0.29) is 5.03 Å². The summed E-state index contributed by atoms with van der Waals surface area (Å²) in [6.07, 6.45) is 5.08. The maximum Gasteiger partial charge on any atom is 0.281 e. The second-order valence-electron chi connectivity index (χ2n) is 6.38. The lowest BCUT2D eigenvalue weighted by molar-refractivity contribution is 0.415. The van der Waals surface area contributed by atoms with Crippen LogP contribution in [0.25, 0.3) is 22.2 Å². The van der Waals surface area contributed by atoms with E-state index in [4.69, 9.17) is 4.74 Å². The molecule has 144 valence electrons. The van der Waals surface area contributed by atoms with Crippen molar-refractivity contribution >= 4 is 26.7 Å². The van der Waals surface area contributed by atoms with Crippen molar-refractivity contribution in [2.24, 2.45) is 14.1 Å². The molecule has 1 N–H and O–H groups in total. The minimum atomic E-state index is -3.83. The molecule has 0 saturated heterocycles. The smallest absolute Gasteiger partial charge is 0.281 e. The van der Waals surface area contributed by atoms with Crippen molar-refractivity contribution in [3.63, 3.8) is 0 Å². The van der Waals surface area contributed by atoms with Gasteiger partial charge in [-0.2, -0.15) is 13.5 Å². The Balaban J connectivity index is 1.88. The molecule has 0 spiro atoms. The molecule has 0 radical (unpaired) electrons. The fourth-order valence-electron chi connectivity index (χ4n) is 3.13. The summed E-state index contributed by atoms with van der Waals surface area (Å²) >= 11 is 0. The van der Waals surface area contributed by atoms with Gasteiger partial charge in [-0.15, -0.1) is 0 Å². The highest BCUT2D eigenvalue weighted by atomic mass is 32.2. The number of methoxy groups -OCH3 is 1. The molecule has 0 aliphatic carbocycles. The number of hydrogen-bond donors (Lipinski definition) is 1. The molecule has 0 bridgehead atoms. The van der Waals surface area contributed by atoms with Gasteiger partial charge in [0.25, 0.3) is 10.0 Å². The molecule has 8 nitrogen and oxygen atoms in total. The van der Waals surface area contributed by atoms with Crippen LogP contribution in [-0.2, 0) is 24.1 Å². The van der Waals surface area contributed by atoms with Crippen molar-refractivity contribution in [2.45, 2.75) is 5.03 Å². The Morgan fingerprint density at radius 2 is 1.96 bits per heavy atom. The Hall–Kier alpha value is -3.33. The van der Waals surface area contributed by atoms with Crippen molar-refractivity contribution in [3.05, 3.63) is 55.0 Å². The monoisotopic (exact) mass is 397 g/mol. The van der Waals surface area contributed by atoms with E-state index in [1.54, 1.807) is 32.6 Å². The molecule has 0 atom stereocenters. The lowest BCUT2D eigenvalue weighted by Crippen LogP contribution is -2.14. The molecule has 0 fully saturated rings. The lowest BCUT2D eigenvalue weighted by atomic mass is 10.0. The van der Waals surface area contributed by atoms with Crippen LogP contribution in [0.4, 0.5) is 5.69 Å². The molecule has 3 heterocycles. The maximum absolute atomic E-state index is 12.8. The van der Waals surface area contributed by atoms with Crippen molar-refractivity contribution in [2.75, 3.05) is 11.8 Å². The van der Waals surface area contributed by atoms with Gasteiger partial charge in [0.05, 0.1) is 18.2 Å². The van der Waals surface area contributed by atoms with Crippen LogP contribution in [0.1, 0.15) is 0 Å². The predicted octanol–water partition coefficient (Wildman–Crippen LogP) is 2.78. The van der Waals surface area contributed by atoms with Gasteiger partial charge in [-0.05, 0) is 29.8 Å². The van der Waals surface area contributed by atoms with Gasteiger partial charge in [0, 0.05) is 38.2 Å². The van der Waals surface area contributed by atoms with Crippen LogP contribution in [0.15, 0.2) is 60.0 Å². The minimum Gasteiger partial charge on any atom is -0.497 e. The van der Waals surface area contributed by atoms with Crippen LogP contribution >= 0.6 is 0 Å². The van der Waals surface area contributed by atoms with E-state index in [1.807, 2.05) is 42.1 Å². The van der Waals surface area contributed by atoms with E-state index in [2.05, 4.69) is 14.8 Å². The van der Waals surface area contributed by atoms with Gasteiger partial charge in [-0.1, -0.05) is 12.1 Å². The number of pyridine rings is 1. The van der Waals surface area contributed by atoms with Crippen LogP contribution in [0.3, 0.4) is 0 Å². The largest absolute Gasteiger partial charge is 0.497 e. The fourth-order valence-corrected chi connectivity index (χ4v) is 4.17. The third-order valence-corrected chi connectivity index (χ3v) is 5.70. The molecule has 3 aromatic heterocycles. The molecule has 0 aliphatic rings. The average Bonchev–Trinajstić information content (AvgIpc) is 3.27. The first kappa shape index (κ1) is 18.1. The second kappa shape index (κ2) is 6.68. The quantitative estimate of drug-likeness (QED) is 0.559. The zero-order valence-corrected chi connectivity index (χ0v) is 16.4. The first-order chi connectivity index (χ1) is 13.4. The molecule has 0 aliphatic heterocycles. The van der Waals surface area contributed by atoms with Crippen molar-refractivity contribution in [3.8, 4) is 16.9 Å². The van der Waals surface area contributed by atoms with Gasteiger partial charge in [0.2, 0.25) is 0 Å². The topological polar surface area (TPSA) is 91.0 Å². The molecule has 0 unspecified atom stereocenters. The third-order valence-electron chi connectivity index (χ3n) is 4.45. The molecule has 0 saturated carbocycles. The number of ether oxygens (including phenoxy) is 1. The first-order valence-electron chi connectivity index (χ1n) is 8.50. The Morgan fingerprint density at radius 1 is 1.14 bits per heavy atom. The standard InChI is InChI=1S/C19H19N5O3S/c1-23-12-15(13-5-4-6-14(11-13)27-3)18-16(7-9-20-19(18)23)22-28(25,26)17-8-10-24(2)21-17/h4-12H,1-3H3,(H,20,22). The summed E-state index contributed by atoms with van der Waals surface area (Å²) in [5, 5.41) is 4.66. The van der Waals surface area contributed by atoms with Crippen LogP contribution in [0.2, 0.25) is 0 Å². The number of anilines is 1. The molecule has 9 heteroatoms. The number of aromatic nitrogens is 4. The Labute approximate surface area is 162 Å². The van der Waals surface area contributed by atoms with Crippen molar-refractivity contribution < 1.29 is 13.2 Å². The van der Waals surface area contributed by atoms with Gasteiger partial charge < -0.3 is 9.30 Å². The normalized spacial score (nSPS) is 11.7. The number of hydrogen-bond acceptors (Lipinski definition) is 5. The van der Waals surface area contributed by atoms with E-state index < -0.39 is 10.0 Å². The number of nitrogens with zero attached hydrogens (tertiary/aromatic N) is 4. The van der Waals surface area contributed by atoms with E-state index in [1.165, 1.54) is 10.7 Å². The van der Waals surface area contributed by atoms with E-state index in [9.17, 15) is 8.42 Å². The van der Waals surface area contributed by atoms with Crippen LogP contribution in [0.5, 0.6) is 5.75 Å². The van der Waals surface area contributed by atoms with E-state index in [0.717, 1.165) is 11.1 Å². The number of rotatable bonds is 5. The molecule has 4 aromatic rings. The summed E-state index contributed by atoms with van der Waals surface area (Å²) in [7, 11) is 1.32. The number of sulfonamides is 1.